The number of benzene rings is 3. The molecule has 204 valence electrons. The Morgan fingerprint density at radius 2 is 1.69 bits per heavy atom. The topological polar surface area (TPSA) is 89.8 Å². The first-order valence-corrected chi connectivity index (χ1v) is 12.3. The van der Waals surface area contributed by atoms with Gasteiger partial charge in [0.2, 0.25) is 0 Å². The maximum Gasteiger partial charge on any atom is 0.347 e. The van der Waals surface area contributed by atoms with Crippen LogP contribution in [0.25, 0.3) is 10.9 Å². The number of carbonyl (C=O) groups is 2. The largest absolute Gasteiger partial charge is 0.478 e. The number of carboxylic acids is 1. The summed E-state index contributed by atoms with van der Waals surface area (Å²) in [6, 6.07) is 12.8. The smallest absolute Gasteiger partial charge is 0.347 e. The highest BCUT2D eigenvalue weighted by molar-refractivity contribution is 6.01. The van der Waals surface area contributed by atoms with E-state index in [1.807, 2.05) is 0 Å². The van der Waals surface area contributed by atoms with Gasteiger partial charge in [-0.25, -0.2) is 13.6 Å². The first-order chi connectivity index (χ1) is 18.3. The number of amides is 1. The minimum Gasteiger partial charge on any atom is -0.478 e. The molecular formula is C30H30F2N2O5. The summed E-state index contributed by atoms with van der Waals surface area (Å²) in [4.78, 5) is 24.6. The van der Waals surface area contributed by atoms with Gasteiger partial charge in [-0.15, -0.1) is 0 Å². The molecule has 0 aliphatic heterocycles. The van der Waals surface area contributed by atoms with Crippen LogP contribution < -0.4 is 14.8 Å². The zero-order valence-electron chi connectivity index (χ0n) is 22.6. The van der Waals surface area contributed by atoms with E-state index in [1.54, 1.807) is 62.7 Å². The molecule has 1 aromatic heterocycles. The Hall–Kier alpha value is -4.40. The summed E-state index contributed by atoms with van der Waals surface area (Å²) in [6.45, 7) is 8.15. The van der Waals surface area contributed by atoms with Crippen molar-refractivity contribution in [2.45, 2.75) is 46.3 Å². The van der Waals surface area contributed by atoms with Gasteiger partial charge >= 0.3 is 5.97 Å². The van der Waals surface area contributed by atoms with E-state index in [9.17, 15) is 23.5 Å². The highest BCUT2D eigenvalue weighted by Gasteiger charge is 2.30. The van der Waals surface area contributed by atoms with Gasteiger partial charge in [-0.3, -0.25) is 4.79 Å². The third kappa shape index (κ3) is 5.72. The third-order valence-corrected chi connectivity index (χ3v) is 6.63. The fraction of sp³-hybridized carbons (Fsp3) is 0.267. The van der Waals surface area contributed by atoms with E-state index in [-0.39, 0.29) is 17.5 Å². The van der Waals surface area contributed by atoms with Gasteiger partial charge in [-0.1, -0.05) is 0 Å². The second-order valence-electron chi connectivity index (χ2n) is 10.1. The molecule has 0 saturated heterocycles. The standard InChI is InChI=1S/C30H30F2N2O5/c1-16-11-22(8-10-26(16)39-30(4,5)29(36)37)38-23-13-19(12-21(32)14-23)18(3)33-28(35)27-17(2)24-15-20(31)7-9-25(24)34(27)6/h7-15,18H,1-6H3,(H,33,35)(H,36,37). The molecular weight excluding hydrogens is 506 g/mol. The molecule has 0 radical (unpaired) electrons. The van der Waals surface area contributed by atoms with Gasteiger partial charge < -0.3 is 24.5 Å². The predicted octanol–water partition coefficient (Wildman–Crippen LogP) is 6.60. The fourth-order valence-electron chi connectivity index (χ4n) is 4.42. The van der Waals surface area contributed by atoms with E-state index < -0.39 is 23.4 Å². The fourth-order valence-corrected chi connectivity index (χ4v) is 4.42. The van der Waals surface area contributed by atoms with Crippen molar-refractivity contribution in [2.75, 3.05) is 0 Å². The molecule has 39 heavy (non-hydrogen) atoms. The number of carboxylic acid groups (broad SMARTS) is 1. The monoisotopic (exact) mass is 536 g/mol. The number of fused-ring (bicyclic) bond motifs is 1. The van der Waals surface area contributed by atoms with Crippen molar-refractivity contribution in [3.8, 4) is 17.2 Å². The maximum atomic E-state index is 14.6. The average Bonchev–Trinajstić information content (AvgIpc) is 3.09. The Morgan fingerprint density at radius 3 is 2.36 bits per heavy atom. The number of aromatic nitrogens is 1. The zero-order chi connectivity index (χ0) is 28.6. The molecule has 1 unspecified atom stereocenters. The summed E-state index contributed by atoms with van der Waals surface area (Å²) in [5, 5.41) is 12.8. The number of halogens is 2. The Morgan fingerprint density at radius 1 is 0.974 bits per heavy atom. The SMILES string of the molecule is Cc1cc(Oc2cc(F)cc(C(C)NC(=O)c3c(C)c4cc(F)ccc4n3C)c2)ccc1OC(C)(C)C(=O)O. The molecule has 9 heteroatoms. The van der Waals surface area contributed by atoms with Crippen molar-refractivity contribution >= 4 is 22.8 Å². The molecule has 0 aliphatic rings. The molecule has 0 fully saturated rings. The molecule has 0 bridgehead atoms. The van der Waals surface area contributed by atoms with Gasteiger partial charge in [0.15, 0.2) is 5.60 Å². The van der Waals surface area contributed by atoms with Gasteiger partial charge in [-0.05, 0) is 99.8 Å². The van der Waals surface area contributed by atoms with Crippen LogP contribution in [0, 0.1) is 25.5 Å². The average molecular weight is 537 g/mol. The first kappa shape index (κ1) is 27.6. The van der Waals surface area contributed by atoms with Crippen LogP contribution in [-0.2, 0) is 11.8 Å². The van der Waals surface area contributed by atoms with E-state index in [1.165, 1.54) is 38.1 Å². The van der Waals surface area contributed by atoms with E-state index >= 15 is 0 Å². The molecule has 7 nitrogen and oxygen atoms in total. The van der Waals surface area contributed by atoms with Crippen LogP contribution in [0.15, 0.2) is 54.6 Å². The van der Waals surface area contributed by atoms with Crippen molar-refractivity contribution in [1.82, 2.24) is 9.88 Å². The number of hydrogen-bond donors (Lipinski definition) is 2. The zero-order valence-corrected chi connectivity index (χ0v) is 22.6. The number of aliphatic carboxylic acids is 1. The van der Waals surface area contributed by atoms with Crippen molar-refractivity contribution in [3.05, 3.63) is 88.6 Å². The number of nitrogens with zero attached hydrogens (tertiary/aromatic N) is 1. The van der Waals surface area contributed by atoms with Gasteiger partial charge in [-0.2, -0.15) is 0 Å². The van der Waals surface area contributed by atoms with Gasteiger partial charge in [0.25, 0.3) is 5.91 Å². The number of carbonyl (C=O) groups excluding carboxylic acids is 1. The first-order valence-electron chi connectivity index (χ1n) is 12.3. The Labute approximate surface area is 225 Å². The van der Waals surface area contributed by atoms with E-state index in [0.29, 0.717) is 39.3 Å². The molecule has 4 aromatic rings. The lowest BCUT2D eigenvalue weighted by Gasteiger charge is -2.23. The molecule has 3 aromatic carbocycles. The minimum absolute atomic E-state index is 0.223. The highest BCUT2D eigenvalue weighted by atomic mass is 19.1. The van der Waals surface area contributed by atoms with E-state index in [4.69, 9.17) is 9.47 Å². The molecule has 2 N–H and O–H groups in total. The molecule has 1 amide bonds. The highest BCUT2D eigenvalue weighted by Crippen LogP contribution is 2.32. The van der Waals surface area contributed by atoms with Crippen molar-refractivity contribution < 1.29 is 33.0 Å². The van der Waals surface area contributed by atoms with Crippen molar-refractivity contribution in [3.63, 3.8) is 0 Å². The summed E-state index contributed by atoms with van der Waals surface area (Å²) in [5.41, 5.74) is 1.48. The molecule has 0 saturated carbocycles. The van der Waals surface area contributed by atoms with Crippen LogP contribution >= 0.6 is 0 Å². The van der Waals surface area contributed by atoms with Crippen LogP contribution in [0.1, 0.15) is 54.0 Å². The number of rotatable bonds is 8. The van der Waals surface area contributed by atoms with Gasteiger partial charge in [0.1, 0.15) is 34.6 Å². The number of ether oxygens (including phenoxy) is 2. The van der Waals surface area contributed by atoms with Crippen LogP contribution in [-0.4, -0.2) is 27.2 Å². The van der Waals surface area contributed by atoms with Crippen LogP contribution in [0.3, 0.4) is 0 Å². The molecule has 1 atom stereocenters. The lowest BCUT2D eigenvalue weighted by Crippen LogP contribution is -2.38. The summed E-state index contributed by atoms with van der Waals surface area (Å²) in [5.74, 6) is -1.38. The summed E-state index contributed by atoms with van der Waals surface area (Å²) >= 11 is 0. The number of aryl methyl sites for hydroxylation is 3. The van der Waals surface area contributed by atoms with Crippen LogP contribution in [0.2, 0.25) is 0 Å². The Kier molecular flexibility index (Phi) is 7.37. The predicted molar refractivity (Wildman–Crippen MR) is 143 cm³/mol. The van der Waals surface area contributed by atoms with Gasteiger partial charge in [0, 0.05) is 24.0 Å². The Bertz CT molecular complexity index is 1590. The minimum atomic E-state index is -1.41. The number of hydrogen-bond acceptors (Lipinski definition) is 4. The van der Waals surface area contributed by atoms with E-state index in [2.05, 4.69) is 5.32 Å². The summed E-state index contributed by atoms with van der Waals surface area (Å²) in [7, 11) is 1.74. The lowest BCUT2D eigenvalue weighted by molar-refractivity contribution is -0.152. The second-order valence-corrected chi connectivity index (χ2v) is 10.1. The van der Waals surface area contributed by atoms with Gasteiger partial charge in [0.05, 0.1) is 6.04 Å². The number of nitrogens with one attached hydrogen (secondary N) is 1. The van der Waals surface area contributed by atoms with E-state index in [0.717, 1.165) is 5.52 Å². The lowest BCUT2D eigenvalue weighted by atomic mass is 10.1. The molecule has 0 aliphatic carbocycles. The third-order valence-electron chi connectivity index (χ3n) is 6.63. The molecule has 0 spiro atoms. The molecule has 4 rings (SSSR count). The summed E-state index contributed by atoms with van der Waals surface area (Å²) in [6.07, 6.45) is 0. The van der Waals surface area contributed by atoms with Crippen molar-refractivity contribution in [1.29, 1.82) is 0 Å². The maximum absolute atomic E-state index is 14.6. The normalized spacial score (nSPS) is 12.3. The molecule has 1 heterocycles. The quantitative estimate of drug-likeness (QED) is 0.265. The van der Waals surface area contributed by atoms with Crippen molar-refractivity contribution in [2.24, 2.45) is 7.05 Å². The second kappa shape index (κ2) is 10.4. The summed E-state index contributed by atoms with van der Waals surface area (Å²) < 4.78 is 41.5. The van der Waals surface area contributed by atoms with Crippen LogP contribution in [0.4, 0.5) is 8.78 Å². The van der Waals surface area contributed by atoms with Crippen LogP contribution in [0.5, 0.6) is 17.2 Å². The Balaban J connectivity index is 1.53.